The van der Waals surface area contributed by atoms with Gasteiger partial charge in [0.15, 0.2) is 0 Å². The molecule has 0 bridgehead atoms. The third kappa shape index (κ3) is 4.12. The standard InChI is InChI=1S/C21H21FN4O3/c1-26-12-16(23-20(27)14-3-7-15(22)8-4-14)11-18(26)21-24-19(25-29-21)13-5-9-17(28-2)10-6-13/h3-10,16,18H,11-12H2,1-2H3,(H,23,27)/t16-,18-/m0/s1. The number of nitrogens with one attached hydrogen (secondary N) is 1. The fourth-order valence-corrected chi connectivity index (χ4v) is 3.49. The number of hydrogen-bond acceptors (Lipinski definition) is 6. The van der Waals surface area contributed by atoms with Crippen LogP contribution in [0.5, 0.6) is 5.75 Å². The number of carbonyl (C=O) groups excluding carboxylic acids is 1. The number of benzene rings is 2. The van der Waals surface area contributed by atoms with Gasteiger partial charge in [0.25, 0.3) is 5.91 Å². The maximum Gasteiger partial charge on any atom is 0.251 e. The van der Waals surface area contributed by atoms with Gasteiger partial charge in [0.05, 0.1) is 13.2 Å². The molecule has 150 valence electrons. The second-order valence-electron chi connectivity index (χ2n) is 7.05. The van der Waals surface area contributed by atoms with Gasteiger partial charge in [0.1, 0.15) is 11.6 Å². The van der Waals surface area contributed by atoms with E-state index in [0.717, 1.165) is 11.3 Å². The van der Waals surface area contributed by atoms with Crippen LogP contribution in [0, 0.1) is 5.82 Å². The minimum Gasteiger partial charge on any atom is -0.497 e. The molecule has 1 aliphatic heterocycles. The first kappa shape index (κ1) is 19.1. The Labute approximate surface area is 167 Å². The molecule has 0 radical (unpaired) electrons. The van der Waals surface area contributed by atoms with E-state index in [1.807, 2.05) is 31.3 Å². The minimum atomic E-state index is -0.369. The molecule has 1 amide bonds. The molecular weight excluding hydrogens is 375 g/mol. The molecule has 2 heterocycles. The van der Waals surface area contributed by atoms with Crippen molar-refractivity contribution in [1.82, 2.24) is 20.4 Å². The molecule has 2 atom stereocenters. The van der Waals surface area contributed by atoms with Gasteiger partial charge in [-0.25, -0.2) is 4.39 Å². The van der Waals surface area contributed by atoms with Gasteiger partial charge in [0, 0.05) is 23.7 Å². The molecule has 4 rings (SSSR count). The molecule has 1 N–H and O–H groups in total. The summed E-state index contributed by atoms with van der Waals surface area (Å²) in [6.07, 6.45) is 0.647. The Morgan fingerprint density at radius 1 is 1.21 bits per heavy atom. The van der Waals surface area contributed by atoms with Crippen molar-refractivity contribution in [2.75, 3.05) is 20.7 Å². The Hall–Kier alpha value is -3.26. The number of halogens is 1. The Morgan fingerprint density at radius 3 is 2.62 bits per heavy atom. The van der Waals surface area contributed by atoms with Gasteiger partial charge in [-0.05, 0) is 62.0 Å². The summed E-state index contributed by atoms with van der Waals surface area (Å²) in [5, 5.41) is 7.08. The van der Waals surface area contributed by atoms with Gasteiger partial charge in [-0.15, -0.1) is 0 Å². The van der Waals surface area contributed by atoms with E-state index in [1.54, 1.807) is 7.11 Å². The molecule has 1 fully saturated rings. The van der Waals surface area contributed by atoms with Crippen molar-refractivity contribution in [1.29, 1.82) is 0 Å². The van der Waals surface area contributed by atoms with Gasteiger partial charge in [-0.1, -0.05) is 5.16 Å². The van der Waals surface area contributed by atoms with Crippen LogP contribution >= 0.6 is 0 Å². The van der Waals surface area contributed by atoms with Gasteiger partial charge >= 0.3 is 0 Å². The maximum atomic E-state index is 13.0. The highest BCUT2D eigenvalue weighted by Gasteiger charge is 2.35. The van der Waals surface area contributed by atoms with Gasteiger partial charge < -0.3 is 14.6 Å². The van der Waals surface area contributed by atoms with Crippen LogP contribution in [-0.4, -0.2) is 47.7 Å². The van der Waals surface area contributed by atoms with Crippen LogP contribution in [0.2, 0.25) is 0 Å². The van der Waals surface area contributed by atoms with Crippen LogP contribution in [0.15, 0.2) is 53.1 Å². The lowest BCUT2D eigenvalue weighted by atomic mass is 10.1. The molecule has 8 heteroatoms. The highest BCUT2D eigenvalue weighted by atomic mass is 19.1. The third-order valence-corrected chi connectivity index (χ3v) is 5.06. The van der Waals surface area contributed by atoms with Crippen LogP contribution in [-0.2, 0) is 0 Å². The van der Waals surface area contributed by atoms with Crippen molar-refractivity contribution in [3.63, 3.8) is 0 Å². The van der Waals surface area contributed by atoms with Crippen LogP contribution < -0.4 is 10.1 Å². The van der Waals surface area contributed by atoms with E-state index in [0.29, 0.717) is 30.2 Å². The molecule has 1 aliphatic rings. The summed E-state index contributed by atoms with van der Waals surface area (Å²) in [7, 11) is 3.56. The van der Waals surface area contributed by atoms with Crippen molar-refractivity contribution in [3.8, 4) is 17.1 Å². The van der Waals surface area contributed by atoms with Crippen LogP contribution in [0.25, 0.3) is 11.4 Å². The smallest absolute Gasteiger partial charge is 0.251 e. The zero-order valence-corrected chi connectivity index (χ0v) is 16.1. The van der Waals surface area contributed by atoms with E-state index in [1.165, 1.54) is 24.3 Å². The third-order valence-electron chi connectivity index (χ3n) is 5.06. The highest BCUT2D eigenvalue weighted by molar-refractivity contribution is 5.94. The predicted molar refractivity (Wildman–Crippen MR) is 104 cm³/mol. The van der Waals surface area contributed by atoms with Crippen LogP contribution in [0.1, 0.15) is 28.7 Å². The lowest BCUT2D eigenvalue weighted by molar-refractivity contribution is 0.0938. The Kier molecular flexibility index (Phi) is 5.26. The van der Waals surface area contributed by atoms with Crippen molar-refractivity contribution < 1.29 is 18.4 Å². The van der Waals surface area contributed by atoms with Crippen molar-refractivity contribution in [2.45, 2.75) is 18.5 Å². The number of aromatic nitrogens is 2. The lowest BCUT2D eigenvalue weighted by Gasteiger charge is -2.14. The number of hydrogen-bond donors (Lipinski definition) is 1. The summed E-state index contributed by atoms with van der Waals surface area (Å²) in [6.45, 7) is 0.651. The van der Waals surface area contributed by atoms with Crippen LogP contribution in [0.4, 0.5) is 4.39 Å². The van der Waals surface area contributed by atoms with Crippen molar-refractivity contribution >= 4 is 5.91 Å². The largest absolute Gasteiger partial charge is 0.497 e. The van der Waals surface area contributed by atoms with E-state index in [9.17, 15) is 9.18 Å². The summed E-state index contributed by atoms with van der Waals surface area (Å²) in [6, 6.07) is 12.8. The molecule has 1 aromatic heterocycles. The first-order valence-electron chi connectivity index (χ1n) is 9.28. The highest BCUT2D eigenvalue weighted by Crippen LogP contribution is 2.31. The number of methoxy groups -OCH3 is 1. The molecule has 29 heavy (non-hydrogen) atoms. The Bertz CT molecular complexity index is 988. The molecular formula is C21H21FN4O3. The van der Waals surface area contributed by atoms with Crippen molar-refractivity contribution in [3.05, 3.63) is 65.8 Å². The molecule has 0 aliphatic carbocycles. The molecule has 2 aromatic carbocycles. The van der Waals surface area contributed by atoms with E-state index >= 15 is 0 Å². The normalized spacial score (nSPS) is 19.3. The fraction of sp³-hybridized carbons (Fsp3) is 0.286. The van der Waals surface area contributed by atoms with E-state index in [2.05, 4.69) is 20.4 Å². The quantitative estimate of drug-likeness (QED) is 0.714. The van der Waals surface area contributed by atoms with Gasteiger partial charge in [-0.2, -0.15) is 4.98 Å². The number of likely N-dealkylation sites (N-methyl/N-ethyl adjacent to an activating group) is 1. The number of nitrogens with zero attached hydrogens (tertiary/aromatic N) is 3. The fourth-order valence-electron chi connectivity index (χ4n) is 3.49. The summed E-state index contributed by atoms with van der Waals surface area (Å²) in [4.78, 5) is 19.0. The average molecular weight is 396 g/mol. The minimum absolute atomic E-state index is 0.0705. The Morgan fingerprint density at radius 2 is 1.93 bits per heavy atom. The van der Waals surface area contributed by atoms with Crippen LogP contribution in [0.3, 0.4) is 0 Å². The molecule has 1 saturated heterocycles. The second kappa shape index (κ2) is 8.00. The SMILES string of the molecule is COc1ccc(-c2noc([C@@H]3C[C@H](NC(=O)c4ccc(F)cc4)CN3C)n2)cc1. The molecule has 7 nitrogen and oxygen atoms in total. The number of rotatable bonds is 5. The topological polar surface area (TPSA) is 80.5 Å². The summed E-state index contributed by atoms with van der Waals surface area (Å²) in [5.41, 5.74) is 1.26. The number of ether oxygens (including phenoxy) is 1. The predicted octanol–water partition coefficient (Wildman–Crippen LogP) is 3.06. The maximum absolute atomic E-state index is 13.0. The number of carbonyl (C=O) groups is 1. The zero-order chi connectivity index (χ0) is 20.4. The van der Waals surface area contributed by atoms with E-state index in [4.69, 9.17) is 9.26 Å². The Balaban J connectivity index is 1.42. The van der Waals surface area contributed by atoms with Gasteiger partial charge in [-0.3, -0.25) is 9.69 Å². The van der Waals surface area contributed by atoms with E-state index in [-0.39, 0.29) is 23.8 Å². The first-order chi connectivity index (χ1) is 14.0. The lowest BCUT2D eigenvalue weighted by Crippen LogP contribution is -2.36. The first-order valence-corrected chi connectivity index (χ1v) is 9.28. The number of amides is 1. The second-order valence-corrected chi connectivity index (χ2v) is 7.05. The molecule has 0 saturated carbocycles. The zero-order valence-electron chi connectivity index (χ0n) is 16.1. The molecule has 3 aromatic rings. The molecule has 0 unspecified atom stereocenters. The van der Waals surface area contributed by atoms with Gasteiger partial charge in [0.2, 0.25) is 11.7 Å². The monoisotopic (exact) mass is 396 g/mol. The average Bonchev–Trinajstić information content (AvgIpc) is 3.35. The summed E-state index contributed by atoms with van der Waals surface area (Å²) in [5.74, 6) is 1.18. The number of likely N-dealkylation sites (tertiary alicyclic amines) is 1. The van der Waals surface area contributed by atoms with E-state index < -0.39 is 0 Å². The summed E-state index contributed by atoms with van der Waals surface area (Å²) < 4.78 is 23.7. The summed E-state index contributed by atoms with van der Waals surface area (Å²) >= 11 is 0. The molecule has 0 spiro atoms. The van der Waals surface area contributed by atoms with Crippen molar-refractivity contribution in [2.24, 2.45) is 0 Å².